The summed E-state index contributed by atoms with van der Waals surface area (Å²) in [6.07, 6.45) is 1.96. The van der Waals surface area contributed by atoms with Crippen molar-refractivity contribution in [3.05, 3.63) is 60.3 Å². The van der Waals surface area contributed by atoms with Gasteiger partial charge in [-0.05, 0) is 37.6 Å². The van der Waals surface area contributed by atoms with E-state index in [1.807, 2.05) is 41.8 Å². The molecule has 2 aromatic heterocycles. The summed E-state index contributed by atoms with van der Waals surface area (Å²) in [6.45, 7) is 4.68. The number of sulfone groups is 1. The molecule has 4 aromatic rings. The molecule has 0 radical (unpaired) electrons. The predicted molar refractivity (Wildman–Crippen MR) is 107 cm³/mol. The van der Waals surface area contributed by atoms with Crippen molar-refractivity contribution in [3.8, 4) is 0 Å². The quantitative estimate of drug-likeness (QED) is 0.511. The Bertz CT molecular complexity index is 1230. The van der Waals surface area contributed by atoms with Crippen molar-refractivity contribution >= 4 is 32.0 Å². The smallest absolute Gasteiger partial charge is 0.210 e. The van der Waals surface area contributed by atoms with Gasteiger partial charge in [-0.1, -0.05) is 43.7 Å². The second-order valence-corrected chi connectivity index (χ2v) is 8.51. The van der Waals surface area contributed by atoms with Gasteiger partial charge in [0.05, 0.1) is 15.9 Å². The molecule has 0 aliphatic rings. The van der Waals surface area contributed by atoms with Gasteiger partial charge in [0.2, 0.25) is 9.84 Å². The van der Waals surface area contributed by atoms with Crippen LogP contribution in [0.2, 0.25) is 0 Å². The molecule has 0 N–H and O–H groups in total. The molecule has 0 amide bonds. The molecule has 0 saturated heterocycles. The topological polar surface area (TPSA) is 64.8 Å². The Kier molecular flexibility index (Phi) is 4.44. The third-order valence-electron chi connectivity index (χ3n) is 4.81. The zero-order valence-corrected chi connectivity index (χ0v) is 16.2. The normalized spacial score (nSPS) is 12.1. The number of aryl methyl sites for hydroxylation is 1. The van der Waals surface area contributed by atoms with E-state index >= 15 is 0 Å². The highest BCUT2D eigenvalue weighted by atomic mass is 32.2. The summed E-state index contributed by atoms with van der Waals surface area (Å²) >= 11 is 0. The van der Waals surface area contributed by atoms with E-state index in [0.29, 0.717) is 22.4 Å². The molecule has 27 heavy (non-hydrogen) atoms. The molecular weight excluding hydrogens is 358 g/mol. The second kappa shape index (κ2) is 6.78. The van der Waals surface area contributed by atoms with Crippen LogP contribution in [0.25, 0.3) is 22.2 Å². The Labute approximate surface area is 158 Å². The number of unbranched alkanes of at least 4 members (excludes halogenated alkanes) is 1. The first-order chi connectivity index (χ1) is 13.0. The van der Waals surface area contributed by atoms with E-state index in [2.05, 4.69) is 6.92 Å². The number of hydrogen-bond acceptors (Lipinski definition) is 4. The van der Waals surface area contributed by atoms with Crippen molar-refractivity contribution in [2.45, 2.75) is 43.0 Å². The van der Waals surface area contributed by atoms with Crippen LogP contribution in [0.5, 0.6) is 0 Å². The monoisotopic (exact) mass is 379 g/mol. The van der Waals surface area contributed by atoms with Gasteiger partial charge < -0.3 is 4.57 Å². The van der Waals surface area contributed by atoms with E-state index in [4.69, 9.17) is 9.97 Å². The van der Waals surface area contributed by atoms with Gasteiger partial charge in [-0.25, -0.2) is 18.4 Å². The van der Waals surface area contributed by atoms with Crippen molar-refractivity contribution in [3.63, 3.8) is 0 Å². The zero-order valence-electron chi connectivity index (χ0n) is 15.4. The van der Waals surface area contributed by atoms with Gasteiger partial charge in [-0.3, -0.25) is 0 Å². The average molecular weight is 379 g/mol. The predicted octanol–water partition coefficient (Wildman–Crippen LogP) is 4.53. The Morgan fingerprint density at radius 1 is 0.926 bits per heavy atom. The third-order valence-corrected chi connectivity index (χ3v) is 6.73. The molecular formula is C21H21N3O2S. The molecule has 6 heteroatoms. The molecule has 4 rings (SSSR count). The van der Waals surface area contributed by atoms with Crippen LogP contribution in [0.15, 0.2) is 64.4 Å². The van der Waals surface area contributed by atoms with Crippen molar-refractivity contribution in [2.75, 3.05) is 0 Å². The molecule has 0 aliphatic heterocycles. The fourth-order valence-electron chi connectivity index (χ4n) is 3.41. The summed E-state index contributed by atoms with van der Waals surface area (Å²) < 4.78 is 28.8. The summed E-state index contributed by atoms with van der Waals surface area (Å²) in [7, 11) is -3.69. The minimum Gasteiger partial charge on any atom is -0.327 e. The first-order valence-electron chi connectivity index (χ1n) is 9.09. The third kappa shape index (κ3) is 2.90. The van der Waals surface area contributed by atoms with Crippen molar-refractivity contribution in [1.82, 2.24) is 14.5 Å². The van der Waals surface area contributed by atoms with E-state index in [-0.39, 0.29) is 9.79 Å². The Hall–Kier alpha value is -2.73. The Morgan fingerprint density at radius 3 is 2.22 bits per heavy atom. The lowest BCUT2D eigenvalue weighted by Crippen LogP contribution is -2.06. The molecule has 5 nitrogen and oxygen atoms in total. The van der Waals surface area contributed by atoms with Gasteiger partial charge in [0.1, 0.15) is 10.4 Å². The molecule has 0 saturated carbocycles. The fourth-order valence-corrected chi connectivity index (χ4v) is 5.05. The molecule has 0 fully saturated rings. The Balaban J connectivity index is 2.08. The first-order valence-corrected chi connectivity index (χ1v) is 10.6. The van der Waals surface area contributed by atoms with E-state index in [0.717, 1.165) is 24.9 Å². The number of para-hydroxylation sites is 2. The highest BCUT2D eigenvalue weighted by Gasteiger charge is 2.28. The molecule has 2 heterocycles. The molecule has 138 valence electrons. The van der Waals surface area contributed by atoms with Crippen LogP contribution in [0.4, 0.5) is 0 Å². The molecule has 2 aromatic carbocycles. The number of benzene rings is 2. The van der Waals surface area contributed by atoms with Crippen LogP contribution in [-0.4, -0.2) is 23.0 Å². The van der Waals surface area contributed by atoms with E-state index in [9.17, 15) is 8.42 Å². The van der Waals surface area contributed by atoms with Gasteiger partial charge in [-0.15, -0.1) is 0 Å². The van der Waals surface area contributed by atoms with Crippen LogP contribution in [0.3, 0.4) is 0 Å². The lowest BCUT2D eigenvalue weighted by atomic mass is 10.3. The first kappa shape index (κ1) is 17.7. The molecule has 0 atom stereocenters. The highest BCUT2D eigenvalue weighted by molar-refractivity contribution is 7.91. The maximum atomic E-state index is 13.4. The second-order valence-electron chi connectivity index (χ2n) is 6.62. The summed E-state index contributed by atoms with van der Waals surface area (Å²) in [5, 5.41) is 0. The van der Waals surface area contributed by atoms with Gasteiger partial charge in [0.25, 0.3) is 0 Å². The van der Waals surface area contributed by atoms with Crippen LogP contribution in [0, 0.1) is 6.92 Å². The van der Waals surface area contributed by atoms with Crippen molar-refractivity contribution in [2.24, 2.45) is 0 Å². The molecule has 0 bridgehead atoms. The number of fused-ring (bicyclic) bond motifs is 2. The maximum Gasteiger partial charge on any atom is 0.210 e. The standard InChI is InChI=1S/C21H21N3O2S/c1-3-4-14-24-15(2)20(27(25,26)16-10-6-5-7-11-16)19-21(24)23-18-13-9-8-12-17(18)22-19/h5-13H,3-4,14H2,1-2H3. The van der Waals surface area contributed by atoms with Crippen LogP contribution in [0.1, 0.15) is 25.5 Å². The van der Waals surface area contributed by atoms with Crippen molar-refractivity contribution < 1.29 is 8.42 Å². The molecule has 0 unspecified atom stereocenters. The zero-order chi connectivity index (χ0) is 19.0. The number of nitrogens with zero attached hydrogens (tertiary/aromatic N) is 3. The minimum absolute atomic E-state index is 0.262. The minimum atomic E-state index is -3.69. The highest BCUT2D eigenvalue weighted by Crippen LogP contribution is 2.33. The van der Waals surface area contributed by atoms with Gasteiger partial charge in [0, 0.05) is 12.2 Å². The van der Waals surface area contributed by atoms with E-state index < -0.39 is 9.84 Å². The summed E-state index contributed by atoms with van der Waals surface area (Å²) in [5.41, 5.74) is 3.24. The fraction of sp³-hybridized carbons (Fsp3) is 0.238. The SMILES string of the molecule is CCCCn1c(C)c(S(=O)(=O)c2ccccc2)c2nc3ccccc3nc21. The number of rotatable bonds is 5. The lowest BCUT2D eigenvalue weighted by Gasteiger charge is -2.07. The lowest BCUT2D eigenvalue weighted by molar-refractivity contribution is 0.592. The van der Waals surface area contributed by atoms with Crippen LogP contribution >= 0.6 is 0 Å². The number of aromatic nitrogens is 3. The van der Waals surface area contributed by atoms with E-state index in [1.54, 1.807) is 24.3 Å². The maximum absolute atomic E-state index is 13.4. The average Bonchev–Trinajstić information content (AvgIpc) is 2.96. The molecule has 0 spiro atoms. The van der Waals surface area contributed by atoms with Crippen molar-refractivity contribution in [1.29, 1.82) is 0 Å². The Morgan fingerprint density at radius 2 is 1.56 bits per heavy atom. The van der Waals surface area contributed by atoms with Gasteiger partial charge in [-0.2, -0.15) is 0 Å². The van der Waals surface area contributed by atoms with Gasteiger partial charge >= 0.3 is 0 Å². The molecule has 0 aliphatic carbocycles. The van der Waals surface area contributed by atoms with E-state index in [1.165, 1.54) is 0 Å². The summed E-state index contributed by atoms with van der Waals surface area (Å²) in [6, 6.07) is 16.1. The summed E-state index contributed by atoms with van der Waals surface area (Å²) in [4.78, 5) is 9.99. The largest absolute Gasteiger partial charge is 0.327 e. The van der Waals surface area contributed by atoms with Crippen LogP contribution in [-0.2, 0) is 16.4 Å². The number of hydrogen-bond donors (Lipinski definition) is 0. The summed E-state index contributed by atoms with van der Waals surface area (Å²) in [5.74, 6) is 0. The van der Waals surface area contributed by atoms with Gasteiger partial charge in [0.15, 0.2) is 5.65 Å². The van der Waals surface area contributed by atoms with Crippen LogP contribution < -0.4 is 0 Å².